The Kier molecular flexibility index (Phi) is 9.26. The molecule has 1 aromatic rings. The predicted octanol–water partition coefficient (Wildman–Crippen LogP) is 1.65. The summed E-state index contributed by atoms with van der Waals surface area (Å²) in [5.41, 5.74) is 0.388. The quantitative estimate of drug-likeness (QED) is 0.332. The van der Waals surface area contributed by atoms with Gasteiger partial charge in [-0.3, -0.25) is 4.79 Å². The highest BCUT2D eigenvalue weighted by Gasteiger charge is 2.31. The van der Waals surface area contributed by atoms with Gasteiger partial charge in [-0.25, -0.2) is 4.79 Å². The second-order valence-corrected chi connectivity index (χ2v) is 8.69. The van der Waals surface area contributed by atoms with E-state index in [-0.39, 0.29) is 37.1 Å². The van der Waals surface area contributed by atoms with Crippen LogP contribution in [0, 0.1) is 16.7 Å². The lowest BCUT2D eigenvalue weighted by molar-refractivity contribution is -0.137. The van der Waals surface area contributed by atoms with E-state index in [9.17, 15) is 24.9 Å². The molecule has 0 aliphatic carbocycles. The zero-order valence-corrected chi connectivity index (χ0v) is 18.7. The van der Waals surface area contributed by atoms with Crippen LogP contribution in [0.25, 0.3) is 0 Å². The predicted molar refractivity (Wildman–Crippen MR) is 118 cm³/mol. The third-order valence-corrected chi connectivity index (χ3v) is 4.76. The van der Waals surface area contributed by atoms with E-state index in [0.29, 0.717) is 12.2 Å². The average Bonchev–Trinajstić information content (AvgIpc) is 2.75. The maximum absolute atomic E-state index is 12.9. The van der Waals surface area contributed by atoms with Gasteiger partial charge in [0.05, 0.1) is 25.3 Å². The van der Waals surface area contributed by atoms with Crippen LogP contribution in [-0.2, 0) is 14.3 Å². The van der Waals surface area contributed by atoms with Crippen LogP contribution >= 0.6 is 0 Å². The van der Waals surface area contributed by atoms with Gasteiger partial charge < -0.3 is 29.7 Å². The number of alkyl carbamates (subject to hydrolysis) is 1. The molecule has 2 amide bonds. The number of allylic oxidation sites excluding steroid dienone is 1. The van der Waals surface area contributed by atoms with Crippen LogP contribution in [0.3, 0.4) is 0 Å². The third kappa shape index (κ3) is 8.00. The molecule has 0 saturated carbocycles. The van der Waals surface area contributed by atoms with Crippen LogP contribution in [0.4, 0.5) is 4.79 Å². The number of hydrogen-bond donors (Lipinski definition) is 3. The second kappa shape index (κ2) is 11.7. The summed E-state index contributed by atoms with van der Waals surface area (Å²) in [7, 11) is -1.61. The average molecular weight is 443 g/mol. The van der Waals surface area contributed by atoms with Crippen LogP contribution in [0.2, 0.25) is 6.32 Å². The maximum atomic E-state index is 12.9. The summed E-state index contributed by atoms with van der Waals surface area (Å²) in [6.07, 6.45) is 0.752. The van der Waals surface area contributed by atoms with Gasteiger partial charge >= 0.3 is 13.2 Å². The van der Waals surface area contributed by atoms with Crippen LogP contribution in [0.5, 0.6) is 0 Å². The van der Waals surface area contributed by atoms with Crippen LogP contribution in [0.15, 0.2) is 42.0 Å². The van der Waals surface area contributed by atoms with Crippen LogP contribution < -0.4 is 5.32 Å². The Morgan fingerprint density at radius 1 is 1.38 bits per heavy atom. The first-order valence-electron chi connectivity index (χ1n) is 10.5. The lowest BCUT2D eigenvalue weighted by Gasteiger charge is -2.35. The van der Waals surface area contributed by atoms with Gasteiger partial charge in [0, 0.05) is 12.9 Å². The van der Waals surface area contributed by atoms with Crippen molar-refractivity contribution >= 4 is 19.1 Å². The fraction of sp³-hybridized carbons (Fsp3) is 0.500. The van der Waals surface area contributed by atoms with E-state index in [2.05, 4.69) is 5.32 Å². The molecule has 1 saturated heterocycles. The van der Waals surface area contributed by atoms with E-state index in [1.54, 1.807) is 30.3 Å². The Hall–Kier alpha value is -2.87. The maximum Gasteiger partial charge on any atom is 0.453 e. The summed E-state index contributed by atoms with van der Waals surface area (Å²) < 4.78 is 10.8. The number of morpholine rings is 1. The largest absolute Gasteiger partial charge is 0.453 e. The number of rotatable bonds is 7. The van der Waals surface area contributed by atoms with Crippen molar-refractivity contribution < 1.29 is 29.1 Å². The second-order valence-electron chi connectivity index (χ2n) is 8.69. The normalized spacial score (nSPS) is 17.8. The van der Waals surface area contributed by atoms with Gasteiger partial charge in [-0.05, 0) is 11.0 Å². The number of nitriles is 1. The first kappa shape index (κ1) is 25.4. The van der Waals surface area contributed by atoms with Crippen molar-refractivity contribution in [2.45, 2.75) is 39.2 Å². The standard InChI is InChI=1S/C22H30BN3O6/c1-22(2,3)11-17(13-24)20(27)26-9-10-31-14-18(26)15-32-21(28)25-19(12-23(29)30)16-7-5-4-6-8-16/h4-8,11,18-19,29-30H,9-10,12,14-15H2,1-3H3,(H,25,28)/t18-,19-/m1/s1. The number of carbonyl (C=O) groups is 2. The van der Waals surface area contributed by atoms with E-state index in [0.717, 1.165) is 0 Å². The number of ether oxygens (including phenoxy) is 2. The summed E-state index contributed by atoms with van der Waals surface area (Å²) >= 11 is 0. The molecule has 9 nitrogen and oxygen atoms in total. The Bertz CT molecular complexity index is 847. The van der Waals surface area contributed by atoms with Crippen molar-refractivity contribution in [1.29, 1.82) is 5.26 Å². The van der Waals surface area contributed by atoms with Crippen molar-refractivity contribution in [2.24, 2.45) is 5.41 Å². The van der Waals surface area contributed by atoms with Gasteiger partial charge in [-0.15, -0.1) is 0 Å². The molecule has 1 aromatic carbocycles. The Labute approximate surface area is 188 Å². The highest BCUT2D eigenvalue weighted by atomic mass is 16.6. The van der Waals surface area contributed by atoms with Gasteiger partial charge in [0.15, 0.2) is 0 Å². The molecule has 3 N–H and O–H groups in total. The Morgan fingerprint density at radius 3 is 2.66 bits per heavy atom. The molecular formula is C22H30BN3O6. The van der Waals surface area contributed by atoms with Crippen molar-refractivity contribution in [3.05, 3.63) is 47.5 Å². The fourth-order valence-corrected chi connectivity index (χ4v) is 3.32. The van der Waals surface area contributed by atoms with Crippen LogP contribution in [0.1, 0.15) is 32.4 Å². The molecule has 1 heterocycles. The highest BCUT2D eigenvalue weighted by molar-refractivity contribution is 6.41. The minimum absolute atomic E-state index is 0.0370. The number of hydrogen-bond acceptors (Lipinski definition) is 7. The zero-order chi connectivity index (χ0) is 23.7. The zero-order valence-electron chi connectivity index (χ0n) is 18.7. The van der Waals surface area contributed by atoms with Gasteiger partial charge in [0.25, 0.3) is 5.91 Å². The van der Waals surface area contributed by atoms with Gasteiger partial charge in [-0.2, -0.15) is 5.26 Å². The summed E-state index contributed by atoms with van der Waals surface area (Å²) in [5, 5.41) is 30.8. The first-order chi connectivity index (χ1) is 15.1. The SMILES string of the molecule is CC(C)(C)C=C(C#N)C(=O)N1CCOC[C@@H]1COC(=O)N[C@H](CB(O)O)c1ccccc1. The molecule has 0 unspecified atom stereocenters. The van der Waals surface area contributed by atoms with Gasteiger partial charge in [-0.1, -0.05) is 57.2 Å². The van der Waals surface area contributed by atoms with E-state index in [4.69, 9.17) is 9.47 Å². The number of nitrogens with one attached hydrogen (secondary N) is 1. The molecule has 2 rings (SSSR count). The number of benzene rings is 1. The molecule has 1 aliphatic rings. The molecule has 1 fully saturated rings. The van der Waals surface area contributed by atoms with E-state index in [1.807, 2.05) is 32.9 Å². The fourth-order valence-electron chi connectivity index (χ4n) is 3.32. The first-order valence-corrected chi connectivity index (χ1v) is 10.5. The van der Waals surface area contributed by atoms with Gasteiger partial charge in [0.1, 0.15) is 18.2 Å². The van der Waals surface area contributed by atoms with E-state index in [1.165, 1.54) is 4.90 Å². The molecule has 0 bridgehead atoms. The van der Waals surface area contributed by atoms with Crippen molar-refractivity contribution in [2.75, 3.05) is 26.4 Å². The minimum atomic E-state index is -1.61. The number of carbonyl (C=O) groups excluding carboxylic acids is 2. The smallest absolute Gasteiger partial charge is 0.447 e. The topological polar surface area (TPSA) is 132 Å². The third-order valence-electron chi connectivity index (χ3n) is 4.76. The Balaban J connectivity index is 2.03. The number of amides is 2. The molecule has 0 radical (unpaired) electrons. The molecule has 2 atom stereocenters. The summed E-state index contributed by atoms with van der Waals surface area (Å²) in [6, 6.07) is 9.64. The van der Waals surface area contributed by atoms with Gasteiger partial charge in [0.2, 0.25) is 0 Å². The lowest BCUT2D eigenvalue weighted by atomic mass is 9.79. The van der Waals surface area contributed by atoms with Crippen molar-refractivity contribution in [1.82, 2.24) is 10.2 Å². The van der Waals surface area contributed by atoms with Crippen LogP contribution in [-0.4, -0.2) is 66.5 Å². The highest BCUT2D eigenvalue weighted by Crippen LogP contribution is 2.21. The summed E-state index contributed by atoms with van der Waals surface area (Å²) in [4.78, 5) is 26.8. The molecule has 32 heavy (non-hydrogen) atoms. The lowest BCUT2D eigenvalue weighted by Crippen LogP contribution is -2.52. The molecule has 10 heteroatoms. The molecule has 0 aromatic heterocycles. The minimum Gasteiger partial charge on any atom is -0.447 e. The molecule has 172 valence electrons. The summed E-state index contributed by atoms with van der Waals surface area (Å²) in [6.45, 7) is 6.34. The van der Waals surface area contributed by atoms with E-state index >= 15 is 0 Å². The molecule has 1 aliphatic heterocycles. The number of nitrogens with zero attached hydrogens (tertiary/aromatic N) is 2. The molecule has 0 spiro atoms. The van der Waals surface area contributed by atoms with E-state index < -0.39 is 31.2 Å². The monoisotopic (exact) mass is 443 g/mol. The Morgan fingerprint density at radius 2 is 2.06 bits per heavy atom. The van der Waals surface area contributed by atoms with Crippen molar-refractivity contribution in [3.8, 4) is 6.07 Å². The summed E-state index contributed by atoms with van der Waals surface area (Å²) in [5.74, 6) is -0.426. The molecular weight excluding hydrogens is 413 g/mol. The van der Waals surface area contributed by atoms with Crippen molar-refractivity contribution in [3.63, 3.8) is 0 Å².